The van der Waals surface area contributed by atoms with E-state index in [1.54, 1.807) is 6.08 Å². The van der Waals surface area contributed by atoms with Gasteiger partial charge in [-0.05, 0) is 56.2 Å². The summed E-state index contributed by atoms with van der Waals surface area (Å²) in [5.74, 6) is -0.231. The molecule has 166 valence electrons. The lowest BCUT2D eigenvalue weighted by Gasteiger charge is -2.11. The van der Waals surface area contributed by atoms with E-state index in [-0.39, 0.29) is 17.7 Å². The van der Waals surface area contributed by atoms with Gasteiger partial charge in [-0.25, -0.2) is 4.68 Å². The molecule has 0 spiro atoms. The summed E-state index contributed by atoms with van der Waals surface area (Å²) < 4.78 is 1.88. The first kappa shape index (κ1) is 23.0. The molecule has 0 aliphatic rings. The predicted octanol–water partition coefficient (Wildman–Crippen LogP) is 4.80. The molecule has 2 aromatic carbocycles. The van der Waals surface area contributed by atoms with Crippen molar-refractivity contribution in [1.82, 2.24) is 15.1 Å². The van der Waals surface area contributed by atoms with Crippen LogP contribution >= 0.6 is 0 Å². The van der Waals surface area contributed by atoms with Crippen molar-refractivity contribution in [3.63, 3.8) is 0 Å². The maximum atomic E-state index is 12.4. The zero-order valence-corrected chi connectivity index (χ0v) is 19.1. The zero-order valence-electron chi connectivity index (χ0n) is 19.1. The molecule has 2 amide bonds. The van der Waals surface area contributed by atoms with Gasteiger partial charge in [-0.2, -0.15) is 5.10 Å². The summed E-state index contributed by atoms with van der Waals surface area (Å²) in [4.78, 5) is 24.5. The van der Waals surface area contributed by atoms with Crippen LogP contribution in [0.4, 0.5) is 5.69 Å². The van der Waals surface area contributed by atoms with Gasteiger partial charge in [0.2, 0.25) is 11.8 Å². The zero-order chi connectivity index (χ0) is 23.1. The van der Waals surface area contributed by atoms with Crippen molar-refractivity contribution in [3.05, 3.63) is 83.2 Å². The monoisotopic (exact) mass is 430 g/mol. The molecule has 1 atom stereocenters. The van der Waals surface area contributed by atoms with Gasteiger partial charge >= 0.3 is 0 Å². The highest BCUT2D eigenvalue weighted by Crippen LogP contribution is 2.19. The first-order valence-corrected chi connectivity index (χ1v) is 10.9. The number of nitrogens with one attached hydrogen (secondary N) is 2. The molecule has 6 nitrogen and oxygen atoms in total. The number of anilines is 1. The highest BCUT2D eigenvalue weighted by Gasteiger charge is 2.12. The van der Waals surface area contributed by atoms with Gasteiger partial charge in [0.25, 0.3) is 0 Å². The van der Waals surface area contributed by atoms with Crippen molar-refractivity contribution in [2.45, 2.75) is 40.7 Å². The van der Waals surface area contributed by atoms with Crippen molar-refractivity contribution in [2.75, 3.05) is 5.32 Å². The quantitative estimate of drug-likeness (QED) is 0.504. The topological polar surface area (TPSA) is 76.0 Å². The Morgan fingerprint density at radius 2 is 1.84 bits per heavy atom. The Bertz CT molecular complexity index is 1120. The third kappa shape index (κ3) is 5.72. The van der Waals surface area contributed by atoms with E-state index < -0.39 is 0 Å². The Balaban J connectivity index is 1.62. The van der Waals surface area contributed by atoms with E-state index in [0.717, 1.165) is 40.3 Å². The van der Waals surface area contributed by atoms with E-state index in [4.69, 9.17) is 0 Å². The Kier molecular flexibility index (Phi) is 7.60. The summed E-state index contributed by atoms with van der Waals surface area (Å²) in [5.41, 5.74) is 5.40. The number of rotatable bonds is 8. The molecule has 0 bridgehead atoms. The van der Waals surface area contributed by atoms with Gasteiger partial charge in [-0.15, -0.1) is 0 Å². The number of hydrogen-bond acceptors (Lipinski definition) is 3. The first-order chi connectivity index (χ1) is 15.4. The van der Waals surface area contributed by atoms with Crippen LogP contribution in [0, 0.1) is 19.8 Å². The van der Waals surface area contributed by atoms with Gasteiger partial charge in [0.05, 0.1) is 11.4 Å². The minimum atomic E-state index is -0.190. The van der Waals surface area contributed by atoms with Crippen molar-refractivity contribution >= 4 is 23.6 Å². The van der Waals surface area contributed by atoms with Gasteiger partial charge in [-0.3, -0.25) is 9.59 Å². The molecule has 3 aromatic rings. The first-order valence-electron chi connectivity index (χ1n) is 10.9. The van der Waals surface area contributed by atoms with Crippen LogP contribution in [0.1, 0.15) is 42.8 Å². The van der Waals surface area contributed by atoms with Gasteiger partial charge in [-0.1, -0.05) is 44.2 Å². The van der Waals surface area contributed by atoms with E-state index in [9.17, 15) is 9.59 Å². The second kappa shape index (κ2) is 10.6. The van der Waals surface area contributed by atoms with Gasteiger partial charge in [0.15, 0.2) is 0 Å². The normalized spacial score (nSPS) is 12.0. The molecular formula is C26H30N4O2. The number of aromatic nitrogens is 2. The lowest BCUT2D eigenvalue weighted by molar-refractivity contribution is -0.119. The average Bonchev–Trinajstić information content (AvgIpc) is 3.09. The van der Waals surface area contributed by atoms with Crippen LogP contribution in [0.5, 0.6) is 0 Å². The van der Waals surface area contributed by atoms with Crippen LogP contribution in [0.15, 0.2) is 60.7 Å². The number of benzene rings is 2. The average molecular weight is 431 g/mol. The number of carbonyl (C=O) groups excluding carboxylic acids is 2. The fourth-order valence-corrected chi connectivity index (χ4v) is 3.33. The van der Waals surface area contributed by atoms with Gasteiger partial charge in [0.1, 0.15) is 0 Å². The molecule has 32 heavy (non-hydrogen) atoms. The molecule has 0 radical (unpaired) electrons. The minimum Gasteiger partial charge on any atom is -0.348 e. The molecule has 1 unspecified atom stereocenters. The molecule has 1 aromatic heterocycles. The maximum Gasteiger partial charge on any atom is 0.244 e. The third-order valence-electron chi connectivity index (χ3n) is 5.47. The second-order valence-electron chi connectivity index (χ2n) is 7.88. The van der Waals surface area contributed by atoms with Gasteiger partial charge in [0, 0.05) is 35.5 Å². The predicted molar refractivity (Wildman–Crippen MR) is 128 cm³/mol. The number of aryl methyl sites for hydroxylation is 1. The number of hydrogen-bond donors (Lipinski definition) is 2. The van der Waals surface area contributed by atoms with Crippen LogP contribution in [0.3, 0.4) is 0 Å². The van der Waals surface area contributed by atoms with Crippen molar-refractivity contribution in [3.8, 4) is 5.69 Å². The molecule has 0 saturated carbocycles. The highest BCUT2D eigenvalue weighted by atomic mass is 16.2. The summed E-state index contributed by atoms with van der Waals surface area (Å²) in [6, 6.07) is 17.4. The summed E-state index contributed by atoms with van der Waals surface area (Å²) >= 11 is 0. The molecule has 0 saturated heterocycles. The molecule has 0 aliphatic carbocycles. The fraction of sp³-hybridized carbons (Fsp3) is 0.269. The van der Waals surface area contributed by atoms with E-state index in [0.29, 0.717) is 6.54 Å². The fourth-order valence-electron chi connectivity index (χ4n) is 3.33. The maximum absolute atomic E-state index is 12.4. The largest absolute Gasteiger partial charge is 0.348 e. The molecular weight excluding hydrogens is 400 g/mol. The van der Waals surface area contributed by atoms with Crippen molar-refractivity contribution in [1.29, 1.82) is 0 Å². The van der Waals surface area contributed by atoms with E-state index >= 15 is 0 Å². The third-order valence-corrected chi connectivity index (χ3v) is 5.47. The van der Waals surface area contributed by atoms with Crippen LogP contribution in [0.2, 0.25) is 0 Å². The molecule has 1 heterocycles. The molecule has 0 aliphatic heterocycles. The lowest BCUT2D eigenvalue weighted by atomic mass is 10.1. The number of carbonyl (C=O) groups is 2. The van der Waals surface area contributed by atoms with Crippen LogP contribution in [-0.4, -0.2) is 21.6 Å². The standard InChI is InChI=1S/C26H30N4O2/c1-5-18(2)26(32)28-22-11-9-10-21(16-22)17-27-25(31)15-14-24-19(3)29-30(20(24)4)23-12-7-6-8-13-23/h6-16,18H,5,17H2,1-4H3,(H,27,31)(H,28,32). The summed E-state index contributed by atoms with van der Waals surface area (Å²) in [7, 11) is 0. The summed E-state index contributed by atoms with van der Waals surface area (Å²) in [6.07, 6.45) is 4.12. The van der Waals surface area contributed by atoms with E-state index in [1.165, 1.54) is 6.08 Å². The van der Waals surface area contributed by atoms with Crippen LogP contribution in [-0.2, 0) is 16.1 Å². The highest BCUT2D eigenvalue weighted by molar-refractivity contribution is 5.93. The number of amides is 2. The smallest absolute Gasteiger partial charge is 0.244 e. The van der Waals surface area contributed by atoms with Gasteiger partial charge < -0.3 is 10.6 Å². The SMILES string of the molecule is CCC(C)C(=O)Nc1cccc(CNC(=O)C=Cc2c(C)nn(-c3ccccc3)c2C)c1. The van der Waals surface area contributed by atoms with Crippen molar-refractivity contribution < 1.29 is 9.59 Å². The molecule has 2 N–H and O–H groups in total. The van der Waals surface area contributed by atoms with Crippen LogP contribution < -0.4 is 10.6 Å². The minimum absolute atomic E-state index is 0.00147. The van der Waals surface area contributed by atoms with Crippen molar-refractivity contribution in [2.24, 2.45) is 5.92 Å². The summed E-state index contributed by atoms with van der Waals surface area (Å²) in [5, 5.41) is 10.4. The molecule has 0 fully saturated rings. The summed E-state index contributed by atoms with van der Waals surface area (Å²) in [6.45, 7) is 8.18. The molecule has 6 heteroatoms. The second-order valence-corrected chi connectivity index (χ2v) is 7.88. The molecule has 3 rings (SSSR count). The lowest BCUT2D eigenvalue weighted by Crippen LogP contribution is -2.21. The number of nitrogens with zero attached hydrogens (tertiary/aromatic N) is 2. The Labute approximate surface area is 189 Å². The number of para-hydroxylation sites is 1. The Morgan fingerprint density at radius 1 is 1.09 bits per heavy atom. The Hall–Kier alpha value is -3.67. The van der Waals surface area contributed by atoms with E-state index in [1.807, 2.05) is 87.0 Å². The van der Waals surface area contributed by atoms with Crippen LogP contribution in [0.25, 0.3) is 11.8 Å². The van der Waals surface area contributed by atoms with E-state index in [2.05, 4.69) is 15.7 Å². The Morgan fingerprint density at radius 3 is 2.56 bits per heavy atom.